The molecule has 0 spiro atoms. The van der Waals surface area contributed by atoms with Crippen LogP contribution in [-0.2, 0) is 32.7 Å². The predicted octanol–water partition coefficient (Wildman–Crippen LogP) is 6.56. The number of hydrogen-bond donors (Lipinski definition) is 0. The van der Waals surface area contributed by atoms with Crippen molar-refractivity contribution in [2.24, 2.45) is 0 Å². The summed E-state index contributed by atoms with van der Waals surface area (Å²) in [6, 6.07) is 23.0. The van der Waals surface area contributed by atoms with Gasteiger partial charge in [-0.1, -0.05) is 97.6 Å². The van der Waals surface area contributed by atoms with Crippen molar-refractivity contribution in [3.63, 3.8) is 0 Å². The van der Waals surface area contributed by atoms with Crippen LogP contribution in [0.1, 0.15) is 27.7 Å². The smallest absolute Gasteiger partial charge is 0.169 e. The molecule has 24 heavy (non-hydrogen) atoms. The largest absolute Gasteiger partial charge is 0.184 e. The molecule has 0 heterocycles. The SMILES string of the molecule is CB(C)C.CB(C)c1ccccc1.CC.CC.[Y].[c-]1ccccc1. The molecule has 0 aliphatic rings. The molecule has 2 aromatic carbocycles. The fourth-order valence-electron chi connectivity index (χ4n) is 1.18. The third-order valence-corrected chi connectivity index (χ3v) is 2.07. The van der Waals surface area contributed by atoms with Crippen LogP contribution in [0.4, 0.5) is 0 Å². The van der Waals surface area contributed by atoms with E-state index in [1.54, 1.807) is 0 Å². The van der Waals surface area contributed by atoms with Crippen LogP contribution in [0.5, 0.6) is 0 Å². The molecule has 0 saturated carbocycles. The Morgan fingerprint density at radius 2 is 0.958 bits per heavy atom. The van der Waals surface area contributed by atoms with Crippen LogP contribution < -0.4 is 5.46 Å². The van der Waals surface area contributed by atoms with E-state index in [9.17, 15) is 0 Å². The molecule has 3 heteroatoms. The van der Waals surface area contributed by atoms with Gasteiger partial charge in [-0.3, -0.25) is 0 Å². The van der Waals surface area contributed by atoms with Crippen molar-refractivity contribution in [3.05, 3.63) is 66.7 Å². The van der Waals surface area contributed by atoms with Gasteiger partial charge in [-0.15, -0.1) is 0 Å². The first-order valence-corrected chi connectivity index (χ1v) is 9.00. The second kappa shape index (κ2) is 27.5. The summed E-state index contributed by atoms with van der Waals surface area (Å²) in [7, 11) is 0. The van der Waals surface area contributed by atoms with Crippen molar-refractivity contribution in [1.29, 1.82) is 0 Å². The molecule has 2 aromatic rings. The third kappa shape index (κ3) is 29.7. The quantitative estimate of drug-likeness (QED) is 0.376. The van der Waals surface area contributed by atoms with Gasteiger partial charge in [0.25, 0.3) is 0 Å². The van der Waals surface area contributed by atoms with E-state index in [0.29, 0.717) is 6.71 Å². The van der Waals surface area contributed by atoms with E-state index in [0.717, 1.165) is 6.71 Å². The van der Waals surface area contributed by atoms with Crippen LogP contribution in [0.25, 0.3) is 0 Å². The molecule has 0 N–H and O–H groups in total. The molecular formula is C21H37B2Y-. The van der Waals surface area contributed by atoms with E-state index in [1.165, 1.54) is 5.46 Å². The Balaban J connectivity index is -0.000000117. The Morgan fingerprint density at radius 1 is 0.625 bits per heavy atom. The van der Waals surface area contributed by atoms with E-state index in [-0.39, 0.29) is 32.7 Å². The number of benzene rings is 2. The van der Waals surface area contributed by atoms with Crippen LogP contribution >= 0.6 is 0 Å². The predicted molar refractivity (Wildman–Crippen MR) is 115 cm³/mol. The normalized spacial score (nSPS) is 7.04. The van der Waals surface area contributed by atoms with Crippen LogP contribution in [0, 0.1) is 6.07 Å². The fraction of sp³-hybridized carbons (Fsp3) is 0.429. The summed E-state index contributed by atoms with van der Waals surface area (Å²) in [5, 5.41) is 0. The summed E-state index contributed by atoms with van der Waals surface area (Å²) < 4.78 is 0. The van der Waals surface area contributed by atoms with E-state index in [1.807, 2.05) is 64.1 Å². The van der Waals surface area contributed by atoms with Gasteiger partial charge >= 0.3 is 0 Å². The number of hydrogen-bond acceptors (Lipinski definition) is 0. The molecular weight excluding hydrogens is 363 g/mol. The van der Waals surface area contributed by atoms with Crippen LogP contribution in [0.15, 0.2) is 60.7 Å². The van der Waals surface area contributed by atoms with E-state index < -0.39 is 0 Å². The molecule has 0 saturated heterocycles. The van der Waals surface area contributed by atoms with Gasteiger partial charge in [0.15, 0.2) is 6.71 Å². The minimum absolute atomic E-state index is 0. The maximum Gasteiger partial charge on any atom is 0.169 e. The molecule has 0 atom stereocenters. The summed E-state index contributed by atoms with van der Waals surface area (Å²) in [6.45, 7) is 20.4. The van der Waals surface area contributed by atoms with Crippen molar-refractivity contribution in [2.45, 2.75) is 61.8 Å². The van der Waals surface area contributed by atoms with Gasteiger partial charge < -0.3 is 0 Å². The fourth-order valence-corrected chi connectivity index (χ4v) is 1.18. The Labute approximate surface area is 179 Å². The van der Waals surface area contributed by atoms with E-state index in [4.69, 9.17) is 0 Å². The zero-order valence-electron chi connectivity index (χ0n) is 17.5. The van der Waals surface area contributed by atoms with Gasteiger partial charge in [0.05, 0.1) is 0 Å². The average Bonchev–Trinajstić information content (AvgIpc) is 2.61. The Hall–Kier alpha value is -0.326. The van der Waals surface area contributed by atoms with Gasteiger partial charge in [-0.2, -0.15) is 36.4 Å². The molecule has 1 radical (unpaired) electrons. The monoisotopic (exact) mass is 400 g/mol. The summed E-state index contributed by atoms with van der Waals surface area (Å²) in [6.07, 6.45) is 0. The summed E-state index contributed by atoms with van der Waals surface area (Å²) in [4.78, 5) is 0. The Morgan fingerprint density at radius 3 is 1.12 bits per heavy atom. The van der Waals surface area contributed by atoms with Crippen molar-refractivity contribution in [3.8, 4) is 0 Å². The first-order chi connectivity index (χ1) is 11.0. The molecule has 0 aliphatic carbocycles. The molecule has 2 rings (SSSR count). The Bertz CT molecular complexity index is 360. The average molecular weight is 400 g/mol. The van der Waals surface area contributed by atoms with Crippen molar-refractivity contribution in [2.75, 3.05) is 0 Å². The van der Waals surface area contributed by atoms with Gasteiger partial charge in [0.2, 0.25) is 0 Å². The standard InChI is InChI=1S/C8H11B.C6H5.C3H9B.2C2H6.Y/c1-9(2)8-6-4-3-5-7-8;1-2-4-6-5-3-1;1-4(2)3;2*1-2;/h3-7H,1-2H3;1-5H;1-3H3;2*1-2H3;/q;-1;;;;. The maximum absolute atomic E-state index is 2.89. The number of rotatable bonds is 1. The van der Waals surface area contributed by atoms with E-state index >= 15 is 0 Å². The first kappa shape index (κ1) is 31.4. The van der Waals surface area contributed by atoms with Crippen LogP contribution in [0.3, 0.4) is 0 Å². The Kier molecular flexibility index (Phi) is 36.1. The van der Waals surface area contributed by atoms with Crippen molar-refractivity contribution < 1.29 is 32.7 Å². The zero-order chi connectivity index (χ0) is 18.5. The van der Waals surface area contributed by atoms with Gasteiger partial charge in [0.1, 0.15) is 6.71 Å². The van der Waals surface area contributed by atoms with E-state index in [2.05, 4.69) is 64.4 Å². The maximum atomic E-state index is 2.89. The van der Waals surface area contributed by atoms with Crippen molar-refractivity contribution in [1.82, 2.24) is 0 Å². The van der Waals surface area contributed by atoms with Crippen LogP contribution in [0.2, 0.25) is 34.1 Å². The topological polar surface area (TPSA) is 0 Å². The molecule has 0 fully saturated rings. The molecule has 0 amide bonds. The third-order valence-electron chi connectivity index (χ3n) is 2.07. The first-order valence-electron chi connectivity index (χ1n) is 9.00. The summed E-state index contributed by atoms with van der Waals surface area (Å²) >= 11 is 0. The summed E-state index contributed by atoms with van der Waals surface area (Å²) in [5.74, 6) is 0. The molecule has 0 nitrogen and oxygen atoms in total. The van der Waals surface area contributed by atoms with Gasteiger partial charge in [-0.05, 0) is 0 Å². The van der Waals surface area contributed by atoms with Gasteiger partial charge in [0, 0.05) is 32.7 Å². The zero-order valence-corrected chi connectivity index (χ0v) is 20.3. The summed E-state index contributed by atoms with van der Waals surface area (Å²) in [5.41, 5.74) is 1.41. The van der Waals surface area contributed by atoms with Crippen LogP contribution in [-0.4, -0.2) is 13.4 Å². The minimum Gasteiger partial charge on any atom is -0.184 e. The second-order valence-corrected chi connectivity index (χ2v) is 5.37. The molecule has 0 unspecified atom stereocenters. The van der Waals surface area contributed by atoms with Gasteiger partial charge in [-0.25, -0.2) is 0 Å². The second-order valence-electron chi connectivity index (χ2n) is 5.37. The molecule has 0 bridgehead atoms. The van der Waals surface area contributed by atoms with Crippen molar-refractivity contribution >= 4 is 18.9 Å². The molecule has 131 valence electrons. The molecule has 0 aliphatic heterocycles. The minimum atomic E-state index is 0. The molecule has 0 aromatic heterocycles.